The molecule has 0 aliphatic carbocycles. The molecule has 2 N–H and O–H groups in total. The van der Waals surface area contributed by atoms with Gasteiger partial charge in [-0.05, 0) is 56.4 Å². The zero-order valence-electron chi connectivity index (χ0n) is 14.9. The minimum Gasteiger partial charge on any atom is -0.493 e. The third kappa shape index (κ3) is 6.76. The molecular weight excluding hydrogens is 290 g/mol. The largest absolute Gasteiger partial charge is 0.493 e. The number of carbonyl (C=O) groups is 1. The Morgan fingerprint density at radius 2 is 1.78 bits per heavy atom. The molecule has 1 aromatic rings. The molecule has 0 saturated heterocycles. The van der Waals surface area contributed by atoms with E-state index in [9.17, 15) is 4.79 Å². The standard InChI is InChI=1S/C19H29NO3/c1-18(2,14-19(3,4)17(21)22-5)12-6-7-13-23-16-10-8-15(20)9-11-16/h6,8-12H,7,13-14,20H2,1-5H3. The molecule has 0 aliphatic heterocycles. The monoisotopic (exact) mass is 319 g/mol. The molecule has 23 heavy (non-hydrogen) atoms. The molecule has 4 heteroatoms. The first kappa shape index (κ1) is 19.1. The Bertz CT molecular complexity index is 530. The number of carbonyl (C=O) groups excluding carboxylic acids is 1. The maximum absolute atomic E-state index is 11.8. The van der Waals surface area contributed by atoms with Crippen LogP contribution in [0.2, 0.25) is 0 Å². The van der Waals surface area contributed by atoms with E-state index in [0.29, 0.717) is 6.61 Å². The second kappa shape index (κ2) is 8.04. The van der Waals surface area contributed by atoms with Crippen LogP contribution in [0.4, 0.5) is 5.69 Å². The van der Waals surface area contributed by atoms with Crippen molar-refractivity contribution >= 4 is 11.7 Å². The van der Waals surface area contributed by atoms with E-state index >= 15 is 0 Å². The number of nitrogen functional groups attached to an aromatic ring is 1. The van der Waals surface area contributed by atoms with Crippen molar-refractivity contribution in [2.24, 2.45) is 10.8 Å². The van der Waals surface area contributed by atoms with Crippen molar-refractivity contribution in [2.45, 2.75) is 40.5 Å². The summed E-state index contributed by atoms with van der Waals surface area (Å²) in [5.41, 5.74) is 5.78. The van der Waals surface area contributed by atoms with Gasteiger partial charge in [-0.15, -0.1) is 0 Å². The fourth-order valence-electron chi connectivity index (χ4n) is 2.76. The van der Waals surface area contributed by atoms with Gasteiger partial charge in [-0.2, -0.15) is 0 Å². The van der Waals surface area contributed by atoms with Crippen LogP contribution in [-0.2, 0) is 9.53 Å². The average molecular weight is 319 g/mol. The topological polar surface area (TPSA) is 61.5 Å². The van der Waals surface area contributed by atoms with Crippen molar-refractivity contribution in [3.63, 3.8) is 0 Å². The smallest absolute Gasteiger partial charge is 0.311 e. The number of nitrogens with two attached hydrogens (primary N) is 1. The van der Waals surface area contributed by atoms with Crippen LogP contribution < -0.4 is 10.5 Å². The van der Waals surface area contributed by atoms with E-state index in [-0.39, 0.29) is 11.4 Å². The molecule has 128 valence electrons. The second-order valence-electron chi connectivity index (χ2n) is 7.15. The zero-order valence-corrected chi connectivity index (χ0v) is 14.9. The third-order valence-corrected chi connectivity index (χ3v) is 3.64. The van der Waals surface area contributed by atoms with Crippen LogP contribution in [0.3, 0.4) is 0 Å². The van der Waals surface area contributed by atoms with Gasteiger partial charge in [0.1, 0.15) is 5.75 Å². The molecule has 1 aromatic carbocycles. The quantitative estimate of drug-likeness (QED) is 0.337. The van der Waals surface area contributed by atoms with Crippen molar-refractivity contribution in [3.8, 4) is 5.75 Å². The van der Waals surface area contributed by atoms with E-state index in [2.05, 4.69) is 26.0 Å². The molecule has 0 unspecified atom stereocenters. The Kier molecular flexibility index (Phi) is 6.67. The Balaban J connectivity index is 2.43. The van der Waals surface area contributed by atoms with Crippen LogP contribution in [0.25, 0.3) is 0 Å². The lowest BCUT2D eigenvalue weighted by Crippen LogP contribution is -2.30. The summed E-state index contributed by atoms with van der Waals surface area (Å²) in [7, 11) is 1.43. The highest BCUT2D eigenvalue weighted by Gasteiger charge is 2.34. The molecule has 0 heterocycles. The summed E-state index contributed by atoms with van der Waals surface area (Å²) in [6.07, 6.45) is 5.78. The minimum atomic E-state index is -0.497. The van der Waals surface area contributed by atoms with Gasteiger partial charge in [-0.1, -0.05) is 26.0 Å². The molecule has 0 aromatic heterocycles. The predicted molar refractivity (Wildman–Crippen MR) is 94.3 cm³/mol. The number of anilines is 1. The number of hydrogen-bond donors (Lipinski definition) is 1. The molecule has 0 atom stereocenters. The minimum absolute atomic E-state index is 0.0844. The number of allylic oxidation sites excluding steroid dienone is 1. The van der Waals surface area contributed by atoms with Gasteiger partial charge < -0.3 is 15.2 Å². The van der Waals surface area contributed by atoms with Crippen molar-refractivity contribution in [3.05, 3.63) is 36.4 Å². The van der Waals surface area contributed by atoms with Crippen LogP contribution >= 0.6 is 0 Å². The summed E-state index contributed by atoms with van der Waals surface area (Å²) in [6.45, 7) is 8.68. The molecule has 0 radical (unpaired) electrons. The van der Waals surface area contributed by atoms with E-state index in [1.165, 1.54) is 7.11 Å². The Hall–Kier alpha value is -1.97. The van der Waals surface area contributed by atoms with Gasteiger partial charge in [0.05, 0.1) is 19.1 Å². The van der Waals surface area contributed by atoms with Crippen molar-refractivity contribution < 1.29 is 14.3 Å². The Morgan fingerprint density at radius 3 is 2.35 bits per heavy atom. The number of methoxy groups -OCH3 is 1. The van der Waals surface area contributed by atoms with Crippen molar-refractivity contribution in [2.75, 3.05) is 19.5 Å². The van der Waals surface area contributed by atoms with Gasteiger partial charge in [0, 0.05) is 5.69 Å². The van der Waals surface area contributed by atoms with E-state index in [4.69, 9.17) is 15.2 Å². The van der Waals surface area contributed by atoms with Gasteiger partial charge in [0.25, 0.3) is 0 Å². The SMILES string of the molecule is COC(=O)C(C)(C)CC(C)(C)C=CCCOc1ccc(N)cc1. The highest BCUT2D eigenvalue weighted by molar-refractivity contribution is 5.75. The summed E-state index contributed by atoms with van der Waals surface area (Å²) in [5, 5.41) is 0. The van der Waals surface area contributed by atoms with Crippen LogP contribution in [0.1, 0.15) is 40.5 Å². The molecular formula is C19H29NO3. The molecule has 0 bridgehead atoms. The fraction of sp³-hybridized carbons (Fsp3) is 0.526. The van der Waals surface area contributed by atoms with E-state index < -0.39 is 5.41 Å². The lowest BCUT2D eigenvalue weighted by atomic mass is 9.75. The summed E-state index contributed by atoms with van der Waals surface area (Å²) in [6, 6.07) is 7.37. The second-order valence-corrected chi connectivity index (χ2v) is 7.15. The Morgan fingerprint density at radius 1 is 1.17 bits per heavy atom. The summed E-state index contributed by atoms with van der Waals surface area (Å²) < 4.78 is 10.5. The van der Waals surface area contributed by atoms with E-state index in [0.717, 1.165) is 24.3 Å². The number of ether oxygens (including phenoxy) is 2. The first-order chi connectivity index (χ1) is 10.7. The maximum Gasteiger partial charge on any atom is 0.311 e. The summed E-state index contributed by atoms with van der Waals surface area (Å²) in [5.74, 6) is 0.643. The fourth-order valence-corrected chi connectivity index (χ4v) is 2.76. The van der Waals surface area contributed by atoms with Gasteiger partial charge >= 0.3 is 5.97 Å². The zero-order chi connectivity index (χ0) is 17.5. The van der Waals surface area contributed by atoms with Crippen molar-refractivity contribution in [1.29, 1.82) is 0 Å². The summed E-state index contributed by atoms with van der Waals surface area (Å²) >= 11 is 0. The van der Waals surface area contributed by atoms with Gasteiger partial charge in [0.2, 0.25) is 0 Å². The maximum atomic E-state index is 11.8. The lowest BCUT2D eigenvalue weighted by Gasteiger charge is -2.30. The third-order valence-electron chi connectivity index (χ3n) is 3.64. The number of benzene rings is 1. The highest BCUT2D eigenvalue weighted by Crippen LogP contribution is 2.35. The van der Waals surface area contributed by atoms with Crippen LogP contribution in [0.5, 0.6) is 5.75 Å². The number of rotatable bonds is 8. The summed E-state index contributed by atoms with van der Waals surface area (Å²) in [4.78, 5) is 11.8. The predicted octanol–water partition coefficient (Wildman–Crippen LogP) is 4.21. The number of hydrogen-bond acceptors (Lipinski definition) is 4. The van der Waals surface area contributed by atoms with Crippen LogP contribution in [-0.4, -0.2) is 19.7 Å². The molecule has 0 saturated carbocycles. The first-order valence-electron chi connectivity index (χ1n) is 7.91. The Labute approximate surface area is 139 Å². The lowest BCUT2D eigenvalue weighted by molar-refractivity contribution is -0.152. The van der Waals surface area contributed by atoms with Crippen LogP contribution in [0.15, 0.2) is 36.4 Å². The van der Waals surface area contributed by atoms with Gasteiger partial charge in [0.15, 0.2) is 0 Å². The van der Waals surface area contributed by atoms with E-state index in [1.807, 2.05) is 38.1 Å². The average Bonchev–Trinajstić information content (AvgIpc) is 2.46. The first-order valence-corrected chi connectivity index (χ1v) is 7.91. The van der Waals surface area contributed by atoms with E-state index in [1.54, 1.807) is 0 Å². The van der Waals surface area contributed by atoms with Gasteiger partial charge in [-0.25, -0.2) is 0 Å². The van der Waals surface area contributed by atoms with Crippen LogP contribution in [0, 0.1) is 10.8 Å². The van der Waals surface area contributed by atoms with Crippen molar-refractivity contribution in [1.82, 2.24) is 0 Å². The molecule has 1 rings (SSSR count). The molecule has 4 nitrogen and oxygen atoms in total. The molecule has 0 aliphatic rings. The molecule has 0 spiro atoms. The highest BCUT2D eigenvalue weighted by atomic mass is 16.5. The normalized spacial score (nSPS) is 12.4. The molecule has 0 amide bonds. The number of esters is 1. The van der Waals surface area contributed by atoms with Gasteiger partial charge in [-0.3, -0.25) is 4.79 Å². The molecule has 0 fully saturated rings.